The van der Waals surface area contributed by atoms with Gasteiger partial charge < -0.3 is 10.5 Å². The Balaban J connectivity index is 3.11. The van der Waals surface area contributed by atoms with E-state index in [0.717, 1.165) is 6.07 Å². The predicted molar refractivity (Wildman–Crippen MR) is 57.9 cm³/mol. The van der Waals surface area contributed by atoms with Crippen molar-refractivity contribution in [3.05, 3.63) is 22.2 Å². The van der Waals surface area contributed by atoms with Crippen LogP contribution in [0.15, 0.2) is 16.6 Å². The third kappa shape index (κ3) is 3.57. The fraction of sp³-hybridized carbons (Fsp3) is 0.250. The molecule has 1 rings (SSSR count). The van der Waals surface area contributed by atoms with Gasteiger partial charge in [-0.2, -0.15) is 0 Å². The van der Waals surface area contributed by atoms with Crippen LogP contribution in [-0.4, -0.2) is 6.36 Å². The first-order chi connectivity index (χ1) is 6.83. The van der Waals surface area contributed by atoms with E-state index in [-0.39, 0.29) is 16.8 Å². The van der Waals surface area contributed by atoms with Gasteiger partial charge in [0.1, 0.15) is 5.75 Å². The molecule has 0 radical (unpaired) electrons. The predicted octanol–water partition coefficient (Wildman–Crippen LogP) is 3.82. The molecular formula is C8H6Br2F3NO. The van der Waals surface area contributed by atoms with Gasteiger partial charge in [0, 0.05) is 27.1 Å². The van der Waals surface area contributed by atoms with E-state index in [1.807, 2.05) is 0 Å². The molecule has 84 valence electrons. The van der Waals surface area contributed by atoms with E-state index in [1.54, 1.807) is 0 Å². The second-order valence-electron chi connectivity index (χ2n) is 2.66. The number of hydrogen-bond donors (Lipinski definition) is 1. The Morgan fingerprint density at radius 1 is 1.33 bits per heavy atom. The summed E-state index contributed by atoms with van der Waals surface area (Å²) in [6.45, 7) is 0. The van der Waals surface area contributed by atoms with E-state index in [1.165, 1.54) is 6.07 Å². The van der Waals surface area contributed by atoms with Crippen LogP contribution in [0.25, 0.3) is 0 Å². The average Bonchev–Trinajstić information content (AvgIpc) is 2.08. The molecule has 1 aromatic carbocycles. The van der Waals surface area contributed by atoms with Crippen molar-refractivity contribution in [1.82, 2.24) is 0 Å². The normalized spacial score (nSPS) is 11.5. The quantitative estimate of drug-likeness (QED) is 0.651. The van der Waals surface area contributed by atoms with Crippen molar-refractivity contribution >= 4 is 37.5 Å². The molecule has 0 saturated heterocycles. The fourth-order valence-electron chi connectivity index (χ4n) is 0.934. The van der Waals surface area contributed by atoms with Crippen molar-refractivity contribution in [2.75, 3.05) is 5.73 Å². The zero-order valence-corrected chi connectivity index (χ0v) is 10.4. The molecule has 1 aromatic rings. The zero-order chi connectivity index (χ0) is 11.6. The molecule has 0 aromatic heterocycles. The van der Waals surface area contributed by atoms with Crippen LogP contribution in [0.2, 0.25) is 0 Å². The lowest BCUT2D eigenvalue weighted by atomic mass is 10.2. The number of benzene rings is 1. The minimum absolute atomic E-state index is 0.193. The molecule has 15 heavy (non-hydrogen) atoms. The molecule has 0 spiro atoms. The molecule has 0 fully saturated rings. The van der Waals surface area contributed by atoms with Crippen LogP contribution in [0.1, 0.15) is 5.56 Å². The van der Waals surface area contributed by atoms with Crippen molar-refractivity contribution < 1.29 is 17.9 Å². The highest BCUT2D eigenvalue weighted by Crippen LogP contribution is 2.33. The monoisotopic (exact) mass is 347 g/mol. The van der Waals surface area contributed by atoms with Gasteiger partial charge in [-0.05, 0) is 22.0 Å². The van der Waals surface area contributed by atoms with Crippen LogP contribution >= 0.6 is 31.9 Å². The third-order valence-corrected chi connectivity index (χ3v) is 2.84. The zero-order valence-electron chi connectivity index (χ0n) is 7.24. The first kappa shape index (κ1) is 12.6. The first-order valence-electron chi connectivity index (χ1n) is 3.73. The highest BCUT2D eigenvalue weighted by atomic mass is 79.9. The lowest BCUT2D eigenvalue weighted by Crippen LogP contribution is -2.18. The summed E-state index contributed by atoms with van der Waals surface area (Å²) in [4.78, 5) is 0. The summed E-state index contributed by atoms with van der Waals surface area (Å²) in [6.07, 6.45) is -4.71. The second-order valence-corrected chi connectivity index (χ2v) is 4.08. The summed E-state index contributed by atoms with van der Waals surface area (Å²) < 4.78 is 40.4. The Labute approximate surface area is 101 Å². The SMILES string of the molecule is Nc1cc(OC(F)(F)F)c(CBr)cc1Br. The van der Waals surface area contributed by atoms with Crippen LogP contribution < -0.4 is 10.5 Å². The van der Waals surface area contributed by atoms with Gasteiger partial charge in [-0.15, -0.1) is 13.2 Å². The second kappa shape index (κ2) is 4.61. The van der Waals surface area contributed by atoms with Crippen molar-refractivity contribution in [2.24, 2.45) is 0 Å². The Morgan fingerprint density at radius 3 is 2.40 bits per heavy atom. The van der Waals surface area contributed by atoms with Gasteiger partial charge in [0.2, 0.25) is 0 Å². The molecule has 2 N–H and O–H groups in total. The van der Waals surface area contributed by atoms with E-state index in [2.05, 4.69) is 36.6 Å². The molecular weight excluding hydrogens is 343 g/mol. The van der Waals surface area contributed by atoms with Crippen molar-refractivity contribution in [3.63, 3.8) is 0 Å². The largest absolute Gasteiger partial charge is 0.573 e. The minimum atomic E-state index is -4.71. The number of nitrogen functional groups attached to an aromatic ring is 1. The molecule has 0 bridgehead atoms. The molecule has 7 heteroatoms. The molecule has 0 heterocycles. The summed E-state index contributed by atoms with van der Waals surface area (Å²) in [5.74, 6) is -0.292. The number of alkyl halides is 4. The van der Waals surface area contributed by atoms with Gasteiger partial charge in [0.05, 0.1) is 0 Å². The number of nitrogens with two attached hydrogens (primary N) is 1. The van der Waals surface area contributed by atoms with Crippen LogP contribution in [-0.2, 0) is 5.33 Å². The third-order valence-electron chi connectivity index (χ3n) is 1.55. The maximum atomic E-state index is 12.0. The summed E-state index contributed by atoms with van der Waals surface area (Å²) in [5, 5.41) is 0.247. The number of rotatable bonds is 2. The lowest BCUT2D eigenvalue weighted by molar-refractivity contribution is -0.274. The maximum Gasteiger partial charge on any atom is 0.573 e. The highest BCUT2D eigenvalue weighted by molar-refractivity contribution is 9.10. The summed E-state index contributed by atoms with van der Waals surface area (Å²) in [7, 11) is 0. The van der Waals surface area contributed by atoms with Gasteiger partial charge in [-0.3, -0.25) is 0 Å². The molecule has 0 aliphatic carbocycles. The number of halogens is 5. The molecule has 0 aliphatic heterocycles. The van der Waals surface area contributed by atoms with Crippen molar-refractivity contribution in [1.29, 1.82) is 0 Å². The van der Waals surface area contributed by atoms with E-state index in [0.29, 0.717) is 10.0 Å². The first-order valence-corrected chi connectivity index (χ1v) is 5.64. The van der Waals surface area contributed by atoms with E-state index in [4.69, 9.17) is 5.73 Å². The van der Waals surface area contributed by atoms with Gasteiger partial charge in [0.15, 0.2) is 0 Å². The van der Waals surface area contributed by atoms with E-state index < -0.39 is 6.36 Å². The van der Waals surface area contributed by atoms with Gasteiger partial charge in [-0.25, -0.2) is 0 Å². The molecule has 0 unspecified atom stereocenters. The Kier molecular flexibility index (Phi) is 3.88. The summed E-state index contributed by atoms with van der Waals surface area (Å²) >= 11 is 6.18. The van der Waals surface area contributed by atoms with Gasteiger partial charge in [0.25, 0.3) is 0 Å². The van der Waals surface area contributed by atoms with Crippen LogP contribution in [0.3, 0.4) is 0 Å². The summed E-state index contributed by atoms with van der Waals surface area (Å²) in [6, 6.07) is 2.61. The van der Waals surface area contributed by atoms with E-state index in [9.17, 15) is 13.2 Å². The molecule has 2 nitrogen and oxygen atoms in total. The molecule has 0 amide bonds. The standard InChI is InChI=1S/C8H6Br2F3NO/c9-3-4-1-5(10)6(14)2-7(4)15-8(11,12)13/h1-2H,3,14H2. The Bertz CT molecular complexity index is 368. The average molecular weight is 349 g/mol. The number of hydrogen-bond acceptors (Lipinski definition) is 2. The van der Waals surface area contributed by atoms with Gasteiger partial charge >= 0.3 is 6.36 Å². The van der Waals surface area contributed by atoms with Crippen LogP contribution in [0.5, 0.6) is 5.75 Å². The Morgan fingerprint density at radius 2 is 1.93 bits per heavy atom. The highest BCUT2D eigenvalue weighted by Gasteiger charge is 2.32. The number of ether oxygens (including phenoxy) is 1. The lowest BCUT2D eigenvalue weighted by Gasteiger charge is -2.13. The van der Waals surface area contributed by atoms with Crippen LogP contribution in [0.4, 0.5) is 18.9 Å². The molecule has 0 aliphatic rings. The number of anilines is 1. The van der Waals surface area contributed by atoms with E-state index >= 15 is 0 Å². The smallest absolute Gasteiger partial charge is 0.405 e. The molecule has 0 atom stereocenters. The topological polar surface area (TPSA) is 35.2 Å². The minimum Gasteiger partial charge on any atom is -0.405 e. The van der Waals surface area contributed by atoms with Crippen molar-refractivity contribution in [3.8, 4) is 5.75 Å². The van der Waals surface area contributed by atoms with Crippen molar-refractivity contribution in [2.45, 2.75) is 11.7 Å². The van der Waals surface area contributed by atoms with Crippen LogP contribution in [0, 0.1) is 0 Å². The maximum absolute atomic E-state index is 12.0. The Hall–Kier alpha value is -0.430. The van der Waals surface area contributed by atoms with Gasteiger partial charge in [-0.1, -0.05) is 15.9 Å². The fourth-order valence-corrected chi connectivity index (χ4v) is 1.76. The molecule has 0 saturated carbocycles. The summed E-state index contributed by atoms with van der Waals surface area (Å²) in [5.41, 5.74) is 6.02.